The quantitative estimate of drug-likeness (QED) is 0.669. The molecule has 9 nitrogen and oxygen atoms in total. The highest BCUT2D eigenvalue weighted by Gasteiger charge is 2.39. The van der Waals surface area contributed by atoms with Gasteiger partial charge in [-0.1, -0.05) is 12.1 Å². The lowest BCUT2D eigenvalue weighted by atomic mass is 10.1. The summed E-state index contributed by atoms with van der Waals surface area (Å²) in [6, 6.07) is 11.3. The summed E-state index contributed by atoms with van der Waals surface area (Å²) in [6.07, 6.45) is 0.576. The standard InChI is InChI=1S/C20H23N3O6S2/c1-21(2)31(27,28)15-8-9-16-14(12-15)10-11-22(16)20(24)19-13-23(30(3,25)26)17-6-4-5-7-18(17)29-19/h4-9,12,19H,10-11,13H2,1-3H3. The second kappa shape index (κ2) is 7.50. The van der Waals surface area contributed by atoms with Crippen LogP contribution in [0.3, 0.4) is 0 Å². The first-order valence-electron chi connectivity index (χ1n) is 9.60. The third-order valence-corrected chi connectivity index (χ3v) is 8.36. The largest absolute Gasteiger partial charge is 0.476 e. The van der Waals surface area contributed by atoms with E-state index in [4.69, 9.17) is 4.74 Å². The molecule has 0 saturated carbocycles. The molecule has 0 radical (unpaired) electrons. The molecule has 0 fully saturated rings. The molecule has 0 N–H and O–H groups in total. The van der Waals surface area contributed by atoms with Crippen molar-refractivity contribution in [3.63, 3.8) is 0 Å². The van der Waals surface area contributed by atoms with Crippen molar-refractivity contribution in [2.45, 2.75) is 17.4 Å². The second-order valence-corrected chi connectivity index (χ2v) is 11.7. The van der Waals surface area contributed by atoms with E-state index < -0.39 is 26.2 Å². The average molecular weight is 466 g/mol. The van der Waals surface area contributed by atoms with Crippen LogP contribution in [0.5, 0.6) is 5.75 Å². The van der Waals surface area contributed by atoms with Gasteiger partial charge in [-0.3, -0.25) is 9.10 Å². The smallest absolute Gasteiger partial charge is 0.269 e. The zero-order valence-electron chi connectivity index (χ0n) is 17.3. The number of anilines is 2. The van der Waals surface area contributed by atoms with Gasteiger partial charge in [-0.25, -0.2) is 21.1 Å². The Hall–Kier alpha value is -2.63. The lowest BCUT2D eigenvalue weighted by Gasteiger charge is -2.35. The highest BCUT2D eigenvalue weighted by Crippen LogP contribution is 2.37. The van der Waals surface area contributed by atoms with Gasteiger partial charge in [-0.15, -0.1) is 0 Å². The van der Waals surface area contributed by atoms with Crippen LogP contribution in [0.2, 0.25) is 0 Å². The summed E-state index contributed by atoms with van der Waals surface area (Å²) in [5.74, 6) is -0.0468. The number of fused-ring (bicyclic) bond motifs is 2. The van der Waals surface area contributed by atoms with Gasteiger partial charge in [-0.05, 0) is 42.3 Å². The minimum absolute atomic E-state index is 0.131. The Balaban J connectivity index is 1.64. The van der Waals surface area contributed by atoms with Gasteiger partial charge in [0.05, 0.1) is 23.4 Å². The first kappa shape index (κ1) is 21.6. The Labute approximate surface area is 181 Å². The minimum Gasteiger partial charge on any atom is -0.476 e. The van der Waals surface area contributed by atoms with E-state index in [1.807, 2.05) is 0 Å². The molecule has 31 heavy (non-hydrogen) atoms. The zero-order valence-corrected chi connectivity index (χ0v) is 19.0. The molecule has 11 heteroatoms. The topological polar surface area (TPSA) is 104 Å². The number of amides is 1. The third-order valence-electron chi connectivity index (χ3n) is 5.40. The van der Waals surface area contributed by atoms with Gasteiger partial charge in [0.15, 0.2) is 6.10 Å². The number of sulfonamides is 2. The van der Waals surface area contributed by atoms with Crippen LogP contribution in [0.1, 0.15) is 5.56 Å². The maximum atomic E-state index is 13.3. The van der Waals surface area contributed by atoms with Crippen LogP contribution < -0.4 is 13.9 Å². The number of ether oxygens (including phenoxy) is 1. The van der Waals surface area contributed by atoms with Gasteiger partial charge in [0.1, 0.15) is 5.75 Å². The van der Waals surface area contributed by atoms with Gasteiger partial charge in [0.25, 0.3) is 5.91 Å². The molecular formula is C20H23N3O6S2. The molecule has 2 heterocycles. The van der Waals surface area contributed by atoms with E-state index >= 15 is 0 Å². The lowest BCUT2D eigenvalue weighted by molar-refractivity contribution is -0.125. The zero-order chi connectivity index (χ0) is 22.6. The van der Waals surface area contributed by atoms with E-state index in [-0.39, 0.29) is 17.3 Å². The van der Waals surface area contributed by atoms with E-state index in [2.05, 4.69) is 0 Å². The van der Waals surface area contributed by atoms with Crippen molar-refractivity contribution >= 4 is 37.3 Å². The summed E-state index contributed by atoms with van der Waals surface area (Å²) in [4.78, 5) is 15.0. The number of hydrogen-bond acceptors (Lipinski definition) is 6. The summed E-state index contributed by atoms with van der Waals surface area (Å²) in [5.41, 5.74) is 1.75. The fourth-order valence-corrected chi connectivity index (χ4v) is 5.66. The van der Waals surface area contributed by atoms with Crippen LogP contribution in [0.4, 0.5) is 11.4 Å². The van der Waals surface area contributed by atoms with Crippen molar-refractivity contribution < 1.29 is 26.4 Å². The Morgan fingerprint density at radius 1 is 1.06 bits per heavy atom. The van der Waals surface area contributed by atoms with Crippen molar-refractivity contribution in [1.82, 2.24) is 4.31 Å². The van der Waals surface area contributed by atoms with E-state index in [0.29, 0.717) is 30.1 Å². The Morgan fingerprint density at radius 2 is 1.77 bits per heavy atom. The van der Waals surface area contributed by atoms with E-state index in [9.17, 15) is 21.6 Å². The van der Waals surface area contributed by atoms with Crippen molar-refractivity contribution in [1.29, 1.82) is 0 Å². The van der Waals surface area contributed by atoms with E-state index in [0.717, 1.165) is 16.1 Å². The van der Waals surface area contributed by atoms with Crippen LogP contribution in [0.25, 0.3) is 0 Å². The minimum atomic E-state index is -3.61. The maximum absolute atomic E-state index is 13.3. The van der Waals surface area contributed by atoms with Crippen LogP contribution >= 0.6 is 0 Å². The molecule has 0 saturated heterocycles. The van der Waals surface area contributed by atoms with Crippen molar-refractivity contribution in [2.24, 2.45) is 0 Å². The summed E-state index contributed by atoms with van der Waals surface area (Å²) in [5, 5.41) is 0. The second-order valence-electron chi connectivity index (χ2n) is 7.69. The number of carbonyl (C=O) groups is 1. The molecule has 1 atom stereocenters. The molecule has 2 aromatic carbocycles. The Kier molecular flexibility index (Phi) is 5.23. The molecule has 2 aliphatic rings. The van der Waals surface area contributed by atoms with Gasteiger partial charge < -0.3 is 9.64 Å². The van der Waals surface area contributed by atoms with Gasteiger partial charge in [0.2, 0.25) is 20.0 Å². The third kappa shape index (κ3) is 3.77. The summed E-state index contributed by atoms with van der Waals surface area (Å²) < 4.78 is 57.6. The summed E-state index contributed by atoms with van der Waals surface area (Å²) in [7, 11) is -4.27. The number of hydrogen-bond donors (Lipinski definition) is 0. The van der Waals surface area contributed by atoms with Crippen molar-refractivity contribution in [3.05, 3.63) is 48.0 Å². The highest BCUT2D eigenvalue weighted by atomic mass is 32.2. The van der Waals surface area contributed by atoms with Crippen LogP contribution in [0, 0.1) is 0 Å². The number of para-hydroxylation sites is 2. The summed E-state index contributed by atoms with van der Waals surface area (Å²) in [6.45, 7) is 0.230. The molecule has 0 spiro atoms. The van der Waals surface area contributed by atoms with E-state index in [1.54, 1.807) is 36.4 Å². The number of carbonyl (C=O) groups excluding carboxylic acids is 1. The fraction of sp³-hybridized carbons (Fsp3) is 0.350. The molecule has 0 aromatic heterocycles. The molecule has 166 valence electrons. The SMILES string of the molecule is CN(C)S(=O)(=O)c1ccc2c(c1)CCN2C(=O)C1CN(S(C)(=O)=O)c2ccccc2O1. The Bertz CT molecular complexity index is 1260. The first-order valence-corrected chi connectivity index (χ1v) is 12.9. The van der Waals surface area contributed by atoms with Crippen LogP contribution in [0.15, 0.2) is 47.4 Å². The fourth-order valence-electron chi connectivity index (χ4n) is 3.80. The van der Waals surface area contributed by atoms with Crippen LogP contribution in [-0.4, -0.2) is 66.6 Å². The average Bonchev–Trinajstić information content (AvgIpc) is 3.14. The molecular weight excluding hydrogens is 442 g/mol. The maximum Gasteiger partial charge on any atom is 0.269 e. The van der Waals surface area contributed by atoms with Gasteiger partial charge >= 0.3 is 0 Å². The summed E-state index contributed by atoms with van der Waals surface area (Å²) >= 11 is 0. The molecule has 4 rings (SSSR count). The van der Waals surface area contributed by atoms with Gasteiger partial charge in [0, 0.05) is 26.3 Å². The monoisotopic (exact) mass is 465 g/mol. The highest BCUT2D eigenvalue weighted by molar-refractivity contribution is 7.92. The molecule has 2 aliphatic heterocycles. The molecule has 0 aliphatic carbocycles. The van der Waals surface area contributed by atoms with Crippen molar-refractivity contribution in [2.75, 3.05) is 42.6 Å². The molecule has 2 aromatic rings. The molecule has 1 amide bonds. The first-order chi connectivity index (χ1) is 14.5. The van der Waals surface area contributed by atoms with Crippen LogP contribution in [-0.2, 0) is 31.3 Å². The lowest BCUT2D eigenvalue weighted by Crippen LogP contribution is -2.51. The predicted molar refractivity (Wildman–Crippen MR) is 116 cm³/mol. The number of rotatable bonds is 4. The Morgan fingerprint density at radius 3 is 2.45 bits per heavy atom. The number of nitrogens with zero attached hydrogens (tertiary/aromatic N) is 3. The normalized spacial score (nSPS) is 18.5. The van der Waals surface area contributed by atoms with Gasteiger partial charge in [-0.2, -0.15) is 0 Å². The molecule has 0 bridgehead atoms. The predicted octanol–water partition coefficient (Wildman–Crippen LogP) is 1.05. The number of benzene rings is 2. The van der Waals surface area contributed by atoms with Crippen molar-refractivity contribution in [3.8, 4) is 5.75 Å². The molecule has 1 unspecified atom stereocenters. The van der Waals surface area contributed by atoms with E-state index in [1.165, 1.54) is 29.4 Å².